The van der Waals surface area contributed by atoms with E-state index >= 15 is 0 Å². The van der Waals surface area contributed by atoms with Crippen molar-refractivity contribution in [1.82, 2.24) is 4.72 Å². The van der Waals surface area contributed by atoms with Crippen LogP contribution in [0.15, 0.2) is 35.2 Å². The Bertz CT molecular complexity index is 548. The largest absolute Gasteiger partial charge is 0.481 e. The summed E-state index contributed by atoms with van der Waals surface area (Å²) in [6, 6.07) is 8.26. The normalized spacial score (nSPS) is 23.4. The lowest BCUT2D eigenvalue weighted by Crippen LogP contribution is -2.32. The molecule has 1 aromatic carbocycles. The predicted molar refractivity (Wildman–Crippen MR) is 74.7 cm³/mol. The minimum Gasteiger partial charge on any atom is -0.481 e. The third-order valence-electron chi connectivity index (χ3n) is 3.81. The lowest BCUT2D eigenvalue weighted by Gasteiger charge is -2.26. The minimum absolute atomic E-state index is 0.226. The number of rotatable bonds is 5. The number of carboxylic acids is 1. The molecule has 0 unspecified atom stereocenters. The fourth-order valence-corrected chi connectivity index (χ4v) is 3.66. The van der Waals surface area contributed by atoms with Crippen molar-refractivity contribution in [3.05, 3.63) is 30.3 Å². The number of nitrogens with one attached hydrogen (secondary N) is 1. The highest BCUT2D eigenvalue weighted by Crippen LogP contribution is 2.28. The summed E-state index contributed by atoms with van der Waals surface area (Å²) >= 11 is 0. The first kappa shape index (κ1) is 15.0. The lowest BCUT2D eigenvalue weighted by molar-refractivity contribution is -0.143. The van der Waals surface area contributed by atoms with E-state index in [9.17, 15) is 13.2 Å². The highest BCUT2D eigenvalue weighted by Gasteiger charge is 2.26. The Kier molecular flexibility index (Phi) is 4.77. The molecule has 0 amide bonds. The van der Waals surface area contributed by atoms with Crippen molar-refractivity contribution >= 4 is 16.0 Å². The predicted octanol–water partition coefficient (Wildman–Crippen LogP) is 1.86. The smallest absolute Gasteiger partial charge is 0.306 e. The molecule has 0 spiro atoms. The van der Waals surface area contributed by atoms with Crippen LogP contribution in [0.4, 0.5) is 0 Å². The van der Waals surface area contributed by atoms with Gasteiger partial charge in [0.2, 0.25) is 10.0 Å². The zero-order valence-corrected chi connectivity index (χ0v) is 12.0. The Balaban J connectivity index is 1.86. The second-order valence-corrected chi connectivity index (χ2v) is 6.99. The van der Waals surface area contributed by atoms with Crippen LogP contribution in [0.2, 0.25) is 0 Å². The van der Waals surface area contributed by atoms with Gasteiger partial charge in [0.25, 0.3) is 0 Å². The molecule has 1 aliphatic carbocycles. The van der Waals surface area contributed by atoms with Crippen molar-refractivity contribution in [3.63, 3.8) is 0 Å². The van der Waals surface area contributed by atoms with Crippen LogP contribution in [0.5, 0.6) is 0 Å². The van der Waals surface area contributed by atoms with Gasteiger partial charge in [-0.2, -0.15) is 0 Å². The molecule has 1 aromatic rings. The van der Waals surface area contributed by atoms with Gasteiger partial charge in [-0.25, -0.2) is 13.1 Å². The molecule has 0 aromatic heterocycles. The maximum Gasteiger partial charge on any atom is 0.306 e. The van der Waals surface area contributed by atoms with E-state index in [1.54, 1.807) is 30.3 Å². The first-order chi connectivity index (χ1) is 9.49. The average Bonchev–Trinajstić information content (AvgIpc) is 2.46. The molecule has 20 heavy (non-hydrogen) atoms. The maximum absolute atomic E-state index is 12.0. The minimum atomic E-state index is -3.46. The quantitative estimate of drug-likeness (QED) is 0.869. The van der Waals surface area contributed by atoms with Crippen molar-refractivity contribution in [2.24, 2.45) is 11.8 Å². The van der Waals surface area contributed by atoms with E-state index in [0.29, 0.717) is 19.4 Å². The summed E-state index contributed by atoms with van der Waals surface area (Å²) in [5.41, 5.74) is 0. The van der Waals surface area contributed by atoms with Gasteiger partial charge < -0.3 is 5.11 Å². The Hall–Kier alpha value is -1.40. The zero-order chi connectivity index (χ0) is 14.6. The summed E-state index contributed by atoms with van der Waals surface area (Å²) < 4.78 is 26.7. The molecule has 0 bridgehead atoms. The van der Waals surface area contributed by atoms with Crippen LogP contribution >= 0.6 is 0 Å². The van der Waals surface area contributed by atoms with E-state index in [4.69, 9.17) is 5.11 Å². The molecular formula is C14H19NO4S. The molecule has 0 saturated heterocycles. The van der Waals surface area contributed by atoms with E-state index < -0.39 is 16.0 Å². The number of aliphatic carboxylic acids is 1. The molecule has 5 nitrogen and oxygen atoms in total. The number of carbonyl (C=O) groups is 1. The molecule has 1 fully saturated rings. The highest BCUT2D eigenvalue weighted by atomic mass is 32.2. The van der Waals surface area contributed by atoms with Gasteiger partial charge >= 0.3 is 5.97 Å². The number of benzene rings is 1. The van der Waals surface area contributed by atoms with Crippen LogP contribution in [-0.4, -0.2) is 26.0 Å². The van der Waals surface area contributed by atoms with Crippen LogP contribution in [-0.2, 0) is 14.8 Å². The van der Waals surface area contributed by atoms with Gasteiger partial charge in [-0.1, -0.05) is 18.2 Å². The number of hydrogen-bond donors (Lipinski definition) is 2. The van der Waals surface area contributed by atoms with Gasteiger partial charge in [0, 0.05) is 6.54 Å². The summed E-state index contributed by atoms with van der Waals surface area (Å²) in [5.74, 6) is -0.783. The van der Waals surface area contributed by atoms with Crippen molar-refractivity contribution in [2.45, 2.75) is 30.6 Å². The van der Waals surface area contributed by atoms with Crippen LogP contribution in [0, 0.1) is 11.8 Å². The van der Waals surface area contributed by atoms with Crippen LogP contribution in [0.1, 0.15) is 25.7 Å². The second-order valence-electron chi connectivity index (χ2n) is 5.22. The van der Waals surface area contributed by atoms with Crippen LogP contribution in [0.25, 0.3) is 0 Å². The van der Waals surface area contributed by atoms with Crippen molar-refractivity contribution in [3.8, 4) is 0 Å². The standard InChI is InChI=1S/C14H19NO4S/c16-14(17)12-8-6-11(7-9-12)10-15-20(18,19)13-4-2-1-3-5-13/h1-5,11-12,15H,6-10H2,(H,16,17)/t11-,12-. The summed E-state index contributed by atoms with van der Waals surface area (Å²) in [4.78, 5) is 11.1. The Morgan fingerprint density at radius 1 is 1.15 bits per heavy atom. The first-order valence-corrected chi connectivity index (χ1v) is 8.25. The van der Waals surface area contributed by atoms with E-state index in [2.05, 4.69) is 4.72 Å². The van der Waals surface area contributed by atoms with E-state index in [1.807, 2.05) is 0 Å². The van der Waals surface area contributed by atoms with E-state index in [0.717, 1.165) is 12.8 Å². The third-order valence-corrected chi connectivity index (χ3v) is 5.25. The van der Waals surface area contributed by atoms with Crippen molar-refractivity contribution < 1.29 is 18.3 Å². The molecule has 2 rings (SSSR count). The molecule has 2 N–H and O–H groups in total. The van der Waals surface area contributed by atoms with Crippen LogP contribution < -0.4 is 4.72 Å². The Labute approximate surface area is 119 Å². The van der Waals surface area contributed by atoms with Gasteiger partial charge in [-0.05, 0) is 43.7 Å². The van der Waals surface area contributed by atoms with Gasteiger partial charge in [0.05, 0.1) is 10.8 Å². The molecular weight excluding hydrogens is 278 g/mol. The topological polar surface area (TPSA) is 83.5 Å². The monoisotopic (exact) mass is 297 g/mol. The van der Waals surface area contributed by atoms with Crippen LogP contribution in [0.3, 0.4) is 0 Å². The highest BCUT2D eigenvalue weighted by molar-refractivity contribution is 7.89. The van der Waals surface area contributed by atoms with Gasteiger partial charge in [0.1, 0.15) is 0 Å². The van der Waals surface area contributed by atoms with E-state index in [-0.39, 0.29) is 16.7 Å². The number of hydrogen-bond acceptors (Lipinski definition) is 3. The first-order valence-electron chi connectivity index (χ1n) is 6.76. The summed E-state index contributed by atoms with van der Waals surface area (Å²) in [6.07, 6.45) is 2.78. The molecule has 0 atom stereocenters. The summed E-state index contributed by atoms with van der Waals surface area (Å²) in [5, 5.41) is 8.92. The molecule has 6 heteroatoms. The zero-order valence-electron chi connectivity index (χ0n) is 11.2. The molecule has 1 saturated carbocycles. The van der Waals surface area contributed by atoms with Gasteiger partial charge in [0.15, 0.2) is 0 Å². The molecule has 110 valence electrons. The van der Waals surface area contributed by atoms with Crippen molar-refractivity contribution in [1.29, 1.82) is 0 Å². The maximum atomic E-state index is 12.0. The van der Waals surface area contributed by atoms with E-state index in [1.165, 1.54) is 0 Å². The fraction of sp³-hybridized carbons (Fsp3) is 0.500. The van der Waals surface area contributed by atoms with Gasteiger partial charge in [-0.3, -0.25) is 4.79 Å². The summed E-state index contributed by atoms with van der Waals surface area (Å²) in [7, 11) is -3.46. The molecule has 0 radical (unpaired) electrons. The third kappa shape index (κ3) is 3.80. The second kappa shape index (κ2) is 6.37. The Morgan fingerprint density at radius 2 is 1.75 bits per heavy atom. The summed E-state index contributed by atoms with van der Waals surface area (Å²) in [6.45, 7) is 0.379. The number of carboxylic acid groups (broad SMARTS) is 1. The SMILES string of the molecule is O=C(O)[C@H]1CC[C@H](CNS(=O)(=O)c2ccccc2)CC1. The van der Waals surface area contributed by atoms with Gasteiger partial charge in [-0.15, -0.1) is 0 Å². The lowest BCUT2D eigenvalue weighted by atomic mass is 9.82. The molecule has 1 aliphatic rings. The number of sulfonamides is 1. The fourth-order valence-electron chi connectivity index (χ4n) is 2.52. The van der Waals surface area contributed by atoms with Crippen molar-refractivity contribution in [2.75, 3.05) is 6.54 Å². The average molecular weight is 297 g/mol. The molecule has 0 aliphatic heterocycles. The molecule has 0 heterocycles. The Morgan fingerprint density at radius 3 is 2.30 bits per heavy atom.